The fraction of sp³-hybridized carbons (Fsp3) is 0.882. The number of nitrogens with one attached hydrogen (secondary N) is 1. The molecule has 2 heteroatoms. The Morgan fingerprint density at radius 2 is 1.53 bits per heavy atom. The molecule has 0 aromatic heterocycles. The van der Waals surface area contributed by atoms with E-state index in [0.29, 0.717) is 0 Å². The van der Waals surface area contributed by atoms with Crippen molar-refractivity contribution in [3.05, 3.63) is 12.2 Å². The van der Waals surface area contributed by atoms with E-state index in [1.807, 2.05) is 0 Å². The molecular weight excluding hydrogens is 232 g/mol. The van der Waals surface area contributed by atoms with Gasteiger partial charge in [0.25, 0.3) is 0 Å². The van der Waals surface area contributed by atoms with E-state index in [2.05, 4.69) is 16.8 Å². The monoisotopic (exact) mass is 260 g/mol. The van der Waals surface area contributed by atoms with Crippen LogP contribution in [-0.4, -0.2) is 37.6 Å². The van der Waals surface area contributed by atoms with E-state index in [4.69, 9.17) is 0 Å². The standard InChI is InChI=1S/C17H28N2/c1-12(11-19-4-2-18-3-5-19)17-15-7-13-6-14(9-15)10-16(17)8-13/h13-18H,1-11H2. The van der Waals surface area contributed by atoms with Gasteiger partial charge in [-0.1, -0.05) is 12.2 Å². The number of piperazine rings is 1. The van der Waals surface area contributed by atoms with Crippen LogP contribution >= 0.6 is 0 Å². The lowest BCUT2D eigenvalue weighted by molar-refractivity contribution is -0.0230. The van der Waals surface area contributed by atoms with Crippen LogP contribution in [0, 0.1) is 29.6 Å². The second-order valence-electron chi connectivity index (χ2n) is 7.64. The van der Waals surface area contributed by atoms with E-state index in [9.17, 15) is 0 Å². The number of nitrogens with zero attached hydrogens (tertiary/aromatic N) is 1. The molecule has 4 aliphatic carbocycles. The summed E-state index contributed by atoms with van der Waals surface area (Å²) in [6.07, 6.45) is 7.66. The van der Waals surface area contributed by atoms with Crippen LogP contribution in [0.3, 0.4) is 0 Å². The van der Waals surface area contributed by atoms with Gasteiger partial charge in [0, 0.05) is 32.7 Å². The maximum absolute atomic E-state index is 4.53. The van der Waals surface area contributed by atoms with Crippen LogP contribution < -0.4 is 5.32 Å². The molecule has 0 atom stereocenters. The largest absolute Gasteiger partial charge is 0.314 e. The van der Waals surface area contributed by atoms with Crippen molar-refractivity contribution in [1.29, 1.82) is 0 Å². The first-order chi connectivity index (χ1) is 9.29. The fourth-order valence-electron chi connectivity index (χ4n) is 5.85. The Kier molecular flexibility index (Phi) is 3.19. The van der Waals surface area contributed by atoms with Crippen LogP contribution in [0.2, 0.25) is 0 Å². The third kappa shape index (κ3) is 2.27. The van der Waals surface area contributed by atoms with Crippen molar-refractivity contribution in [3.63, 3.8) is 0 Å². The summed E-state index contributed by atoms with van der Waals surface area (Å²) in [6, 6.07) is 0. The molecule has 1 saturated heterocycles. The highest BCUT2D eigenvalue weighted by atomic mass is 15.2. The van der Waals surface area contributed by atoms with Gasteiger partial charge < -0.3 is 5.32 Å². The lowest BCUT2D eigenvalue weighted by Crippen LogP contribution is -2.48. The van der Waals surface area contributed by atoms with E-state index in [1.165, 1.54) is 45.3 Å². The van der Waals surface area contributed by atoms with Gasteiger partial charge in [0.05, 0.1) is 0 Å². The SMILES string of the molecule is C=C(CN1CCNCC1)C1C2CC3CC(C2)CC1C3. The number of hydrogen-bond donors (Lipinski definition) is 1. The number of rotatable bonds is 3. The quantitative estimate of drug-likeness (QED) is 0.785. The Hall–Kier alpha value is -0.340. The van der Waals surface area contributed by atoms with Gasteiger partial charge in [0.2, 0.25) is 0 Å². The fourth-order valence-corrected chi connectivity index (χ4v) is 5.85. The molecule has 1 aliphatic heterocycles. The van der Waals surface area contributed by atoms with Crippen molar-refractivity contribution < 1.29 is 0 Å². The maximum Gasteiger partial charge on any atom is 0.0194 e. The Morgan fingerprint density at radius 3 is 2.11 bits per heavy atom. The van der Waals surface area contributed by atoms with Gasteiger partial charge in [-0.25, -0.2) is 0 Å². The summed E-state index contributed by atoms with van der Waals surface area (Å²) >= 11 is 0. The minimum absolute atomic E-state index is 0.877. The maximum atomic E-state index is 4.53. The summed E-state index contributed by atoms with van der Waals surface area (Å²) < 4.78 is 0. The zero-order valence-corrected chi connectivity index (χ0v) is 12.1. The average molecular weight is 260 g/mol. The molecule has 19 heavy (non-hydrogen) atoms. The molecule has 0 amide bonds. The molecule has 5 fully saturated rings. The zero-order valence-electron chi connectivity index (χ0n) is 12.1. The Labute approximate surface area is 117 Å². The van der Waals surface area contributed by atoms with Gasteiger partial charge in [0.15, 0.2) is 0 Å². The summed E-state index contributed by atoms with van der Waals surface area (Å²) in [7, 11) is 0. The summed E-state index contributed by atoms with van der Waals surface area (Å²) in [5.74, 6) is 5.07. The highest BCUT2D eigenvalue weighted by Crippen LogP contribution is 2.58. The minimum atomic E-state index is 0.877. The zero-order chi connectivity index (χ0) is 12.8. The first kappa shape index (κ1) is 12.4. The molecule has 5 rings (SSSR count). The number of hydrogen-bond acceptors (Lipinski definition) is 2. The van der Waals surface area contributed by atoms with E-state index in [0.717, 1.165) is 42.7 Å². The van der Waals surface area contributed by atoms with Crippen LogP contribution in [-0.2, 0) is 0 Å². The topological polar surface area (TPSA) is 15.3 Å². The van der Waals surface area contributed by atoms with Gasteiger partial charge in [-0.05, 0) is 61.7 Å². The van der Waals surface area contributed by atoms with Crippen LogP contribution in [0.15, 0.2) is 12.2 Å². The molecule has 4 bridgehead atoms. The minimum Gasteiger partial charge on any atom is -0.314 e. The molecule has 2 nitrogen and oxygen atoms in total. The van der Waals surface area contributed by atoms with Crippen molar-refractivity contribution in [2.45, 2.75) is 32.1 Å². The smallest absolute Gasteiger partial charge is 0.0194 e. The Balaban J connectivity index is 1.42. The van der Waals surface area contributed by atoms with Crippen molar-refractivity contribution in [2.75, 3.05) is 32.7 Å². The predicted octanol–water partition coefficient (Wildman–Crippen LogP) is 2.52. The summed E-state index contributed by atoms with van der Waals surface area (Å²) in [5, 5.41) is 3.45. The first-order valence-electron chi connectivity index (χ1n) is 8.40. The van der Waals surface area contributed by atoms with Crippen LogP contribution in [0.1, 0.15) is 32.1 Å². The van der Waals surface area contributed by atoms with Crippen LogP contribution in [0.4, 0.5) is 0 Å². The van der Waals surface area contributed by atoms with Gasteiger partial charge in [-0.3, -0.25) is 4.90 Å². The average Bonchev–Trinajstić information content (AvgIpc) is 2.38. The third-order valence-corrected chi connectivity index (χ3v) is 6.33. The highest BCUT2D eigenvalue weighted by molar-refractivity contribution is 5.13. The van der Waals surface area contributed by atoms with Crippen LogP contribution in [0.25, 0.3) is 0 Å². The predicted molar refractivity (Wildman–Crippen MR) is 79.0 cm³/mol. The van der Waals surface area contributed by atoms with Gasteiger partial charge in [0.1, 0.15) is 0 Å². The van der Waals surface area contributed by atoms with Crippen molar-refractivity contribution in [1.82, 2.24) is 10.2 Å². The molecule has 0 aromatic carbocycles. The molecule has 1 heterocycles. The van der Waals surface area contributed by atoms with Crippen molar-refractivity contribution in [3.8, 4) is 0 Å². The lowest BCUT2D eigenvalue weighted by Gasteiger charge is -2.55. The molecule has 0 unspecified atom stereocenters. The van der Waals surface area contributed by atoms with Gasteiger partial charge in [-0.2, -0.15) is 0 Å². The second kappa shape index (κ2) is 4.89. The van der Waals surface area contributed by atoms with Crippen molar-refractivity contribution >= 4 is 0 Å². The van der Waals surface area contributed by atoms with Gasteiger partial charge >= 0.3 is 0 Å². The molecule has 4 saturated carbocycles. The summed E-state index contributed by atoms with van der Waals surface area (Å²) in [5.41, 5.74) is 1.58. The molecule has 0 radical (unpaired) electrons. The van der Waals surface area contributed by atoms with E-state index in [-0.39, 0.29) is 0 Å². The van der Waals surface area contributed by atoms with E-state index in [1.54, 1.807) is 12.0 Å². The normalized spacial score (nSPS) is 45.6. The summed E-state index contributed by atoms with van der Waals surface area (Å²) in [4.78, 5) is 2.61. The lowest BCUT2D eigenvalue weighted by atomic mass is 9.50. The van der Waals surface area contributed by atoms with E-state index < -0.39 is 0 Å². The molecule has 106 valence electrons. The summed E-state index contributed by atoms with van der Waals surface area (Å²) in [6.45, 7) is 10.5. The van der Waals surface area contributed by atoms with Crippen molar-refractivity contribution in [2.24, 2.45) is 29.6 Å². The van der Waals surface area contributed by atoms with E-state index >= 15 is 0 Å². The Bertz CT molecular complexity index is 328. The first-order valence-corrected chi connectivity index (χ1v) is 8.40. The highest BCUT2D eigenvalue weighted by Gasteiger charge is 2.48. The van der Waals surface area contributed by atoms with Crippen LogP contribution in [0.5, 0.6) is 0 Å². The molecule has 0 spiro atoms. The van der Waals surface area contributed by atoms with Gasteiger partial charge in [-0.15, -0.1) is 0 Å². The third-order valence-electron chi connectivity index (χ3n) is 6.33. The molecule has 5 aliphatic rings. The molecular formula is C17H28N2. The second-order valence-corrected chi connectivity index (χ2v) is 7.64. The molecule has 1 N–H and O–H groups in total. The molecule has 0 aromatic rings. The Morgan fingerprint density at radius 1 is 0.947 bits per heavy atom.